The standard InChI is InChI=1S/C16H15BrFNO3S2/c1-22-15-4-3-11(9-13(15)17)24(20,21)19-14-6-7-23-16-5-2-10(18)8-12(14)16/h2-5,8-9,14,19H,6-7H2,1H3. The zero-order chi connectivity index (χ0) is 17.3. The van der Waals surface area contributed by atoms with Gasteiger partial charge >= 0.3 is 0 Å². The fourth-order valence-corrected chi connectivity index (χ4v) is 5.63. The van der Waals surface area contributed by atoms with Gasteiger partial charge in [0.25, 0.3) is 0 Å². The second-order valence-electron chi connectivity index (χ2n) is 5.29. The maximum atomic E-state index is 13.6. The van der Waals surface area contributed by atoms with Crippen LogP contribution in [0.25, 0.3) is 0 Å². The first kappa shape index (κ1) is 17.7. The predicted molar refractivity (Wildman–Crippen MR) is 95.5 cm³/mol. The third kappa shape index (κ3) is 3.61. The maximum Gasteiger partial charge on any atom is 0.241 e. The SMILES string of the molecule is COc1ccc(S(=O)(=O)NC2CCSc3ccc(F)cc32)cc1Br. The molecule has 1 unspecified atom stereocenters. The molecule has 1 N–H and O–H groups in total. The summed E-state index contributed by atoms with van der Waals surface area (Å²) in [4.78, 5) is 1.04. The molecule has 128 valence electrons. The summed E-state index contributed by atoms with van der Waals surface area (Å²) in [6.45, 7) is 0. The van der Waals surface area contributed by atoms with E-state index in [1.165, 1.54) is 31.4 Å². The molecule has 1 aliphatic rings. The zero-order valence-corrected chi connectivity index (χ0v) is 16.0. The monoisotopic (exact) mass is 431 g/mol. The number of benzene rings is 2. The van der Waals surface area contributed by atoms with Crippen LogP contribution in [0.5, 0.6) is 5.75 Å². The number of fused-ring (bicyclic) bond motifs is 1. The summed E-state index contributed by atoms with van der Waals surface area (Å²) in [5.74, 6) is 0.959. The molecule has 1 heterocycles. The highest BCUT2D eigenvalue weighted by Gasteiger charge is 2.27. The Bertz CT molecular complexity index is 874. The summed E-state index contributed by atoms with van der Waals surface area (Å²) >= 11 is 4.89. The lowest BCUT2D eigenvalue weighted by Gasteiger charge is -2.26. The van der Waals surface area contributed by atoms with Gasteiger partial charge in [-0.1, -0.05) is 0 Å². The fourth-order valence-electron chi connectivity index (χ4n) is 2.56. The number of nitrogens with one attached hydrogen (secondary N) is 1. The molecule has 1 atom stereocenters. The van der Waals surface area contributed by atoms with Crippen LogP contribution in [0.15, 0.2) is 50.7 Å². The van der Waals surface area contributed by atoms with E-state index < -0.39 is 16.1 Å². The largest absolute Gasteiger partial charge is 0.496 e. The third-order valence-electron chi connectivity index (χ3n) is 3.74. The maximum absolute atomic E-state index is 13.6. The van der Waals surface area contributed by atoms with Gasteiger partial charge in [0.2, 0.25) is 10.0 Å². The molecular formula is C16H15BrFNO3S2. The van der Waals surface area contributed by atoms with E-state index in [0.717, 1.165) is 10.6 Å². The zero-order valence-electron chi connectivity index (χ0n) is 12.8. The van der Waals surface area contributed by atoms with Crippen molar-refractivity contribution >= 4 is 37.7 Å². The third-order valence-corrected chi connectivity index (χ3v) is 6.95. The van der Waals surface area contributed by atoms with Crippen LogP contribution in [-0.4, -0.2) is 21.3 Å². The Kier molecular flexibility index (Phi) is 5.19. The lowest BCUT2D eigenvalue weighted by atomic mass is 10.0. The van der Waals surface area contributed by atoms with Gasteiger partial charge in [-0.05, 0) is 70.1 Å². The molecule has 3 rings (SSSR count). The Morgan fingerprint density at radius 1 is 1.29 bits per heavy atom. The number of hydrogen-bond acceptors (Lipinski definition) is 4. The molecule has 0 radical (unpaired) electrons. The summed E-state index contributed by atoms with van der Waals surface area (Å²) in [5.41, 5.74) is 0.683. The van der Waals surface area contributed by atoms with Crippen LogP contribution in [0.1, 0.15) is 18.0 Å². The Hall–Kier alpha value is -1.09. The molecule has 0 spiro atoms. The van der Waals surface area contributed by atoms with Gasteiger partial charge in [-0.25, -0.2) is 17.5 Å². The molecule has 2 aromatic carbocycles. The number of ether oxygens (including phenoxy) is 1. The van der Waals surface area contributed by atoms with E-state index in [1.807, 2.05) is 0 Å². The Morgan fingerprint density at radius 2 is 2.08 bits per heavy atom. The van der Waals surface area contributed by atoms with Crippen LogP contribution in [0.3, 0.4) is 0 Å². The van der Waals surface area contributed by atoms with Crippen molar-refractivity contribution in [2.45, 2.75) is 22.3 Å². The van der Waals surface area contributed by atoms with Gasteiger partial charge in [0.1, 0.15) is 11.6 Å². The lowest BCUT2D eigenvalue weighted by Crippen LogP contribution is -2.30. The number of hydrogen-bond donors (Lipinski definition) is 1. The van der Waals surface area contributed by atoms with Crippen molar-refractivity contribution in [3.63, 3.8) is 0 Å². The second-order valence-corrected chi connectivity index (χ2v) is 8.99. The van der Waals surface area contributed by atoms with Crippen molar-refractivity contribution in [3.05, 3.63) is 52.3 Å². The molecule has 1 aliphatic heterocycles. The molecule has 0 bridgehead atoms. The molecule has 0 fully saturated rings. The molecule has 2 aromatic rings. The summed E-state index contributed by atoms with van der Waals surface area (Å²) in [7, 11) is -2.22. The van der Waals surface area contributed by atoms with Crippen LogP contribution in [0, 0.1) is 5.82 Å². The van der Waals surface area contributed by atoms with Crippen molar-refractivity contribution < 1.29 is 17.5 Å². The van der Waals surface area contributed by atoms with Gasteiger partial charge in [0.15, 0.2) is 0 Å². The van der Waals surface area contributed by atoms with Gasteiger partial charge < -0.3 is 4.74 Å². The van der Waals surface area contributed by atoms with Gasteiger partial charge in [0.05, 0.1) is 16.5 Å². The van der Waals surface area contributed by atoms with Crippen LogP contribution in [-0.2, 0) is 10.0 Å². The first-order valence-corrected chi connectivity index (χ1v) is 10.4. The van der Waals surface area contributed by atoms with E-state index >= 15 is 0 Å². The van der Waals surface area contributed by atoms with Gasteiger partial charge in [-0.15, -0.1) is 11.8 Å². The topological polar surface area (TPSA) is 55.4 Å². The molecule has 4 nitrogen and oxygen atoms in total. The van der Waals surface area contributed by atoms with E-state index in [1.54, 1.807) is 23.9 Å². The van der Waals surface area contributed by atoms with Crippen LogP contribution in [0.4, 0.5) is 4.39 Å². The molecule has 0 saturated carbocycles. The summed E-state index contributed by atoms with van der Waals surface area (Å²) in [6, 6.07) is 8.61. The average Bonchev–Trinajstić information content (AvgIpc) is 2.55. The lowest BCUT2D eigenvalue weighted by molar-refractivity contribution is 0.411. The molecule has 0 amide bonds. The van der Waals surface area contributed by atoms with E-state index in [2.05, 4.69) is 20.7 Å². The van der Waals surface area contributed by atoms with Crippen molar-refractivity contribution in [1.82, 2.24) is 4.72 Å². The van der Waals surface area contributed by atoms with Gasteiger partial charge in [-0.3, -0.25) is 0 Å². The highest BCUT2D eigenvalue weighted by molar-refractivity contribution is 9.10. The molecule has 8 heteroatoms. The minimum absolute atomic E-state index is 0.131. The Balaban J connectivity index is 1.91. The number of thioether (sulfide) groups is 1. The molecule has 0 aliphatic carbocycles. The van der Waals surface area contributed by atoms with Crippen LogP contribution >= 0.6 is 27.7 Å². The molecule has 0 aromatic heterocycles. The first-order chi connectivity index (χ1) is 11.4. The Labute approximate surface area is 153 Å². The highest BCUT2D eigenvalue weighted by Crippen LogP contribution is 2.37. The minimum Gasteiger partial charge on any atom is -0.496 e. The van der Waals surface area contributed by atoms with Crippen molar-refractivity contribution in [2.24, 2.45) is 0 Å². The van der Waals surface area contributed by atoms with Crippen molar-refractivity contribution in [2.75, 3.05) is 12.9 Å². The first-order valence-electron chi connectivity index (χ1n) is 7.19. The van der Waals surface area contributed by atoms with Gasteiger partial charge in [-0.2, -0.15) is 0 Å². The number of halogens is 2. The number of sulfonamides is 1. The average molecular weight is 432 g/mol. The molecule has 0 saturated heterocycles. The fraction of sp³-hybridized carbons (Fsp3) is 0.250. The van der Waals surface area contributed by atoms with Crippen LogP contribution in [0.2, 0.25) is 0 Å². The summed E-state index contributed by atoms with van der Waals surface area (Å²) in [5, 5.41) is 0. The smallest absolute Gasteiger partial charge is 0.241 e. The minimum atomic E-state index is -3.73. The van der Waals surface area contributed by atoms with Crippen molar-refractivity contribution in [1.29, 1.82) is 0 Å². The van der Waals surface area contributed by atoms with E-state index in [0.29, 0.717) is 22.2 Å². The molecular weight excluding hydrogens is 417 g/mol. The Morgan fingerprint density at radius 3 is 2.79 bits per heavy atom. The summed E-state index contributed by atoms with van der Waals surface area (Å²) in [6.07, 6.45) is 0.609. The number of methoxy groups -OCH3 is 1. The quantitative estimate of drug-likeness (QED) is 0.790. The van der Waals surface area contributed by atoms with Gasteiger partial charge in [0, 0.05) is 10.9 Å². The van der Waals surface area contributed by atoms with E-state index in [-0.39, 0.29) is 10.7 Å². The van der Waals surface area contributed by atoms with E-state index in [9.17, 15) is 12.8 Å². The molecule has 24 heavy (non-hydrogen) atoms. The predicted octanol–water partition coefficient (Wildman–Crippen LogP) is 4.11. The van der Waals surface area contributed by atoms with Crippen LogP contribution < -0.4 is 9.46 Å². The summed E-state index contributed by atoms with van der Waals surface area (Å²) < 4.78 is 47.3. The second kappa shape index (κ2) is 7.03. The normalized spacial score (nSPS) is 17.4. The number of rotatable bonds is 4. The van der Waals surface area contributed by atoms with E-state index in [4.69, 9.17) is 4.74 Å². The van der Waals surface area contributed by atoms with Crippen molar-refractivity contribution in [3.8, 4) is 5.75 Å². The highest BCUT2D eigenvalue weighted by atomic mass is 79.9.